The summed E-state index contributed by atoms with van der Waals surface area (Å²) in [7, 11) is 1.53. The monoisotopic (exact) mass is 400 g/mol. The molecular formula is C24H20N2O4. The van der Waals surface area contributed by atoms with Crippen LogP contribution >= 0.6 is 0 Å². The van der Waals surface area contributed by atoms with Crippen molar-refractivity contribution in [2.75, 3.05) is 17.7 Å². The number of benzene rings is 3. The Labute approximate surface area is 173 Å². The van der Waals surface area contributed by atoms with Crippen molar-refractivity contribution < 1.29 is 18.7 Å². The highest BCUT2D eigenvalue weighted by Crippen LogP contribution is 2.33. The Hall–Kier alpha value is -4.06. The maximum Gasteiger partial charge on any atom is 0.293 e. The van der Waals surface area contributed by atoms with E-state index in [4.69, 9.17) is 9.15 Å². The second-order valence-electron chi connectivity index (χ2n) is 6.78. The van der Waals surface area contributed by atoms with Crippen molar-refractivity contribution in [3.05, 3.63) is 89.7 Å². The zero-order valence-corrected chi connectivity index (χ0v) is 16.6. The van der Waals surface area contributed by atoms with Gasteiger partial charge in [-0.15, -0.1) is 0 Å². The summed E-state index contributed by atoms with van der Waals surface area (Å²) in [6.45, 7) is 1.91. The van der Waals surface area contributed by atoms with E-state index in [0.29, 0.717) is 33.7 Å². The van der Waals surface area contributed by atoms with Gasteiger partial charge in [-0.25, -0.2) is 0 Å². The lowest BCUT2D eigenvalue weighted by atomic mass is 10.1. The average molecular weight is 400 g/mol. The van der Waals surface area contributed by atoms with Crippen LogP contribution in [-0.2, 0) is 0 Å². The van der Waals surface area contributed by atoms with Crippen molar-refractivity contribution in [2.24, 2.45) is 0 Å². The number of para-hydroxylation sites is 3. The number of methoxy groups -OCH3 is 1. The molecule has 0 aliphatic carbocycles. The summed E-state index contributed by atoms with van der Waals surface area (Å²) in [6, 6.07) is 21.5. The highest BCUT2D eigenvalue weighted by Gasteiger charge is 2.23. The average Bonchev–Trinajstić information content (AvgIpc) is 3.12. The molecule has 1 aromatic heterocycles. The van der Waals surface area contributed by atoms with Crippen LogP contribution in [0.4, 0.5) is 11.4 Å². The van der Waals surface area contributed by atoms with E-state index in [-0.39, 0.29) is 11.7 Å². The fourth-order valence-corrected chi connectivity index (χ4v) is 3.23. The lowest BCUT2D eigenvalue weighted by molar-refractivity contribution is 0.0999. The minimum absolute atomic E-state index is 0.0168. The van der Waals surface area contributed by atoms with E-state index in [0.717, 1.165) is 5.56 Å². The van der Waals surface area contributed by atoms with Crippen LogP contribution in [0.15, 0.2) is 77.2 Å². The third kappa shape index (κ3) is 3.75. The molecule has 4 rings (SSSR count). The lowest BCUT2D eigenvalue weighted by Gasteiger charge is -2.10. The number of fused-ring (bicyclic) bond motifs is 1. The molecule has 0 radical (unpaired) electrons. The first kappa shape index (κ1) is 19.3. The van der Waals surface area contributed by atoms with Gasteiger partial charge in [0.25, 0.3) is 11.8 Å². The quantitative estimate of drug-likeness (QED) is 0.479. The molecule has 4 aromatic rings. The largest absolute Gasteiger partial charge is 0.495 e. The molecule has 2 amide bonds. The van der Waals surface area contributed by atoms with Gasteiger partial charge in [0.1, 0.15) is 17.0 Å². The SMILES string of the molecule is COc1ccccc1NC(=O)c1oc2ccccc2c1NC(=O)c1cccc(C)c1. The van der Waals surface area contributed by atoms with Gasteiger partial charge in [-0.05, 0) is 43.3 Å². The zero-order valence-electron chi connectivity index (χ0n) is 16.6. The maximum absolute atomic E-state index is 13.0. The predicted octanol–water partition coefficient (Wildman–Crippen LogP) is 5.25. The fourth-order valence-electron chi connectivity index (χ4n) is 3.23. The highest BCUT2D eigenvalue weighted by atomic mass is 16.5. The third-order valence-corrected chi connectivity index (χ3v) is 4.68. The Balaban J connectivity index is 1.71. The summed E-state index contributed by atoms with van der Waals surface area (Å²) in [5.74, 6) is -0.276. The summed E-state index contributed by atoms with van der Waals surface area (Å²) in [6.07, 6.45) is 0. The van der Waals surface area contributed by atoms with E-state index in [9.17, 15) is 9.59 Å². The summed E-state index contributed by atoms with van der Waals surface area (Å²) in [5.41, 5.74) is 2.79. The number of carbonyl (C=O) groups excluding carboxylic acids is 2. The Morgan fingerprint density at radius 3 is 2.43 bits per heavy atom. The van der Waals surface area contributed by atoms with Gasteiger partial charge in [0.05, 0.1) is 12.8 Å². The smallest absolute Gasteiger partial charge is 0.293 e. The van der Waals surface area contributed by atoms with Crippen molar-refractivity contribution in [3.63, 3.8) is 0 Å². The molecule has 2 N–H and O–H groups in total. The van der Waals surface area contributed by atoms with E-state index in [2.05, 4.69) is 10.6 Å². The lowest BCUT2D eigenvalue weighted by Crippen LogP contribution is -2.17. The van der Waals surface area contributed by atoms with E-state index >= 15 is 0 Å². The van der Waals surface area contributed by atoms with Gasteiger partial charge in [-0.1, -0.05) is 42.0 Å². The molecule has 6 nitrogen and oxygen atoms in total. The van der Waals surface area contributed by atoms with Gasteiger partial charge in [0.15, 0.2) is 0 Å². The molecule has 0 unspecified atom stereocenters. The van der Waals surface area contributed by atoms with Gasteiger partial charge in [-0.2, -0.15) is 0 Å². The minimum atomic E-state index is -0.491. The van der Waals surface area contributed by atoms with Crippen LogP contribution in [0.3, 0.4) is 0 Å². The first-order valence-corrected chi connectivity index (χ1v) is 9.40. The molecule has 0 saturated carbocycles. The first-order chi connectivity index (χ1) is 14.6. The van der Waals surface area contributed by atoms with Gasteiger partial charge in [0.2, 0.25) is 5.76 Å². The molecule has 0 saturated heterocycles. The second-order valence-corrected chi connectivity index (χ2v) is 6.78. The summed E-state index contributed by atoms with van der Waals surface area (Å²) >= 11 is 0. The molecule has 0 aliphatic heterocycles. The van der Waals surface area contributed by atoms with Gasteiger partial charge >= 0.3 is 0 Å². The normalized spacial score (nSPS) is 10.6. The summed E-state index contributed by atoms with van der Waals surface area (Å²) < 4.78 is 11.1. The minimum Gasteiger partial charge on any atom is -0.495 e. The van der Waals surface area contributed by atoms with Crippen LogP contribution < -0.4 is 15.4 Å². The number of rotatable bonds is 5. The Morgan fingerprint density at radius 2 is 1.63 bits per heavy atom. The van der Waals surface area contributed by atoms with E-state index < -0.39 is 5.91 Å². The summed E-state index contributed by atoms with van der Waals surface area (Å²) in [5, 5.41) is 6.28. The zero-order chi connectivity index (χ0) is 21.1. The molecule has 0 atom stereocenters. The first-order valence-electron chi connectivity index (χ1n) is 9.40. The van der Waals surface area contributed by atoms with Crippen LogP contribution in [0.25, 0.3) is 11.0 Å². The molecule has 0 bridgehead atoms. The number of ether oxygens (including phenoxy) is 1. The Bertz CT molecular complexity index is 1240. The molecule has 6 heteroatoms. The molecular weight excluding hydrogens is 380 g/mol. The number of hydrogen-bond acceptors (Lipinski definition) is 4. The van der Waals surface area contributed by atoms with Crippen LogP contribution in [0.1, 0.15) is 26.5 Å². The van der Waals surface area contributed by atoms with Crippen LogP contribution in [-0.4, -0.2) is 18.9 Å². The standard InChI is InChI=1S/C24H20N2O4/c1-15-8-7-9-16(14-15)23(27)26-21-17-10-3-5-12-19(17)30-22(21)24(28)25-18-11-4-6-13-20(18)29-2/h3-14H,1-2H3,(H,25,28)(H,26,27). The summed E-state index contributed by atoms with van der Waals surface area (Å²) in [4.78, 5) is 25.9. The number of nitrogens with one attached hydrogen (secondary N) is 2. The van der Waals surface area contributed by atoms with Gasteiger partial charge < -0.3 is 19.8 Å². The Kier molecular flexibility index (Phi) is 5.22. The number of carbonyl (C=O) groups is 2. The van der Waals surface area contributed by atoms with E-state index in [1.807, 2.05) is 31.2 Å². The maximum atomic E-state index is 13.0. The Morgan fingerprint density at radius 1 is 0.867 bits per heavy atom. The molecule has 150 valence electrons. The number of furan rings is 1. The van der Waals surface area contributed by atoms with Gasteiger partial charge in [0, 0.05) is 10.9 Å². The van der Waals surface area contributed by atoms with Crippen molar-refractivity contribution in [1.29, 1.82) is 0 Å². The van der Waals surface area contributed by atoms with Crippen LogP contribution in [0.2, 0.25) is 0 Å². The topological polar surface area (TPSA) is 80.6 Å². The van der Waals surface area contributed by atoms with Crippen molar-refractivity contribution in [2.45, 2.75) is 6.92 Å². The van der Waals surface area contributed by atoms with Crippen LogP contribution in [0.5, 0.6) is 5.75 Å². The second kappa shape index (κ2) is 8.13. The molecule has 3 aromatic carbocycles. The molecule has 0 spiro atoms. The molecule has 0 aliphatic rings. The molecule has 1 heterocycles. The van der Waals surface area contributed by atoms with Crippen LogP contribution in [0, 0.1) is 6.92 Å². The van der Waals surface area contributed by atoms with E-state index in [1.165, 1.54) is 7.11 Å². The number of aryl methyl sites for hydroxylation is 1. The number of anilines is 2. The molecule has 30 heavy (non-hydrogen) atoms. The van der Waals surface area contributed by atoms with Crippen molar-refractivity contribution in [1.82, 2.24) is 0 Å². The molecule has 0 fully saturated rings. The number of hydrogen-bond donors (Lipinski definition) is 2. The van der Waals surface area contributed by atoms with E-state index in [1.54, 1.807) is 48.5 Å². The fraction of sp³-hybridized carbons (Fsp3) is 0.0833. The predicted molar refractivity (Wildman–Crippen MR) is 116 cm³/mol. The van der Waals surface area contributed by atoms with Crippen molar-refractivity contribution in [3.8, 4) is 5.75 Å². The third-order valence-electron chi connectivity index (χ3n) is 4.68. The highest BCUT2D eigenvalue weighted by molar-refractivity contribution is 6.17. The van der Waals surface area contributed by atoms with Gasteiger partial charge in [-0.3, -0.25) is 9.59 Å². The van der Waals surface area contributed by atoms with Crippen molar-refractivity contribution >= 4 is 34.2 Å². The number of amides is 2.